The van der Waals surface area contributed by atoms with Crippen molar-refractivity contribution in [2.45, 2.75) is 51.5 Å². The lowest BCUT2D eigenvalue weighted by Gasteiger charge is -2.39. The first kappa shape index (κ1) is 13.6. The minimum Gasteiger partial charge on any atom is -0.327 e. The number of hydrogen-bond donors (Lipinski definition) is 1. The van der Waals surface area contributed by atoms with Crippen LogP contribution in [0.4, 0.5) is 0 Å². The van der Waals surface area contributed by atoms with Crippen molar-refractivity contribution in [2.75, 3.05) is 0 Å². The first-order valence-corrected chi connectivity index (χ1v) is 7.91. The van der Waals surface area contributed by atoms with Gasteiger partial charge in [0.15, 0.2) is 0 Å². The van der Waals surface area contributed by atoms with Gasteiger partial charge in [-0.25, -0.2) is 0 Å². The van der Waals surface area contributed by atoms with Crippen molar-refractivity contribution >= 4 is 10.8 Å². The molecule has 20 heavy (non-hydrogen) atoms. The van der Waals surface area contributed by atoms with Crippen molar-refractivity contribution in [3.8, 4) is 0 Å². The molecule has 2 N–H and O–H groups in total. The fraction of sp³-hybridized carbons (Fsp3) is 0.474. The van der Waals surface area contributed by atoms with E-state index >= 15 is 0 Å². The number of hydrogen-bond acceptors (Lipinski definition) is 1. The summed E-state index contributed by atoms with van der Waals surface area (Å²) in [7, 11) is 0. The highest BCUT2D eigenvalue weighted by atomic mass is 14.7. The lowest BCUT2D eigenvalue weighted by atomic mass is 9.69. The fourth-order valence-corrected chi connectivity index (χ4v) is 3.68. The van der Waals surface area contributed by atoms with Crippen LogP contribution in [-0.4, -0.2) is 6.04 Å². The van der Waals surface area contributed by atoms with Crippen LogP contribution in [0.5, 0.6) is 0 Å². The van der Waals surface area contributed by atoms with E-state index in [0.29, 0.717) is 5.41 Å². The minimum atomic E-state index is 0.272. The second-order valence-electron chi connectivity index (χ2n) is 6.66. The van der Waals surface area contributed by atoms with Crippen molar-refractivity contribution in [1.82, 2.24) is 0 Å². The average Bonchev–Trinajstić information content (AvgIpc) is 2.48. The SMILES string of the molecule is CC1(C(N)Cc2cccc3ccccc23)CCCCC1. The molecule has 0 bridgehead atoms. The number of rotatable bonds is 3. The van der Waals surface area contributed by atoms with Gasteiger partial charge in [-0.3, -0.25) is 0 Å². The molecule has 2 aromatic carbocycles. The molecular weight excluding hydrogens is 242 g/mol. The van der Waals surface area contributed by atoms with Crippen LogP contribution in [0.3, 0.4) is 0 Å². The van der Waals surface area contributed by atoms with Gasteiger partial charge in [-0.2, -0.15) is 0 Å². The van der Waals surface area contributed by atoms with Crippen LogP contribution in [0.1, 0.15) is 44.6 Å². The zero-order chi connectivity index (χ0) is 14.0. The molecule has 0 spiro atoms. The van der Waals surface area contributed by atoms with Crippen LogP contribution >= 0.6 is 0 Å². The molecule has 3 rings (SSSR count). The number of benzene rings is 2. The Balaban J connectivity index is 1.85. The Morgan fingerprint density at radius 3 is 2.50 bits per heavy atom. The van der Waals surface area contributed by atoms with E-state index in [4.69, 9.17) is 5.73 Å². The van der Waals surface area contributed by atoms with Crippen LogP contribution in [0.15, 0.2) is 42.5 Å². The predicted octanol–water partition coefficient (Wildman–Crippen LogP) is 4.68. The summed E-state index contributed by atoms with van der Waals surface area (Å²) in [6.45, 7) is 2.39. The van der Waals surface area contributed by atoms with E-state index in [2.05, 4.69) is 49.4 Å². The van der Waals surface area contributed by atoms with E-state index in [-0.39, 0.29) is 6.04 Å². The molecule has 1 fully saturated rings. The topological polar surface area (TPSA) is 26.0 Å². The average molecular weight is 267 g/mol. The van der Waals surface area contributed by atoms with E-state index in [1.54, 1.807) is 0 Å². The molecule has 1 atom stereocenters. The second kappa shape index (κ2) is 5.57. The summed E-state index contributed by atoms with van der Waals surface area (Å²) >= 11 is 0. The summed E-state index contributed by atoms with van der Waals surface area (Å²) in [5, 5.41) is 2.69. The van der Waals surface area contributed by atoms with E-state index in [1.807, 2.05) is 0 Å². The van der Waals surface area contributed by atoms with Crippen LogP contribution in [0, 0.1) is 5.41 Å². The Morgan fingerprint density at radius 1 is 1.00 bits per heavy atom. The maximum atomic E-state index is 6.61. The lowest BCUT2D eigenvalue weighted by Crippen LogP contribution is -2.42. The molecule has 0 aliphatic heterocycles. The summed E-state index contributed by atoms with van der Waals surface area (Å²) in [6.07, 6.45) is 7.66. The monoisotopic (exact) mass is 267 g/mol. The van der Waals surface area contributed by atoms with Crippen LogP contribution in [0.2, 0.25) is 0 Å². The summed E-state index contributed by atoms with van der Waals surface area (Å²) < 4.78 is 0. The first-order chi connectivity index (χ1) is 9.69. The van der Waals surface area contributed by atoms with Gasteiger partial charge in [0, 0.05) is 6.04 Å². The van der Waals surface area contributed by atoms with Gasteiger partial charge in [-0.05, 0) is 41.0 Å². The van der Waals surface area contributed by atoms with Gasteiger partial charge in [0.1, 0.15) is 0 Å². The molecule has 1 aliphatic carbocycles. The van der Waals surface area contributed by atoms with Crippen molar-refractivity contribution in [3.05, 3.63) is 48.0 Å². The van der Waals surface area contributed by atoms with E-state index < -0.39 is 0 Å². The maximum Gasteiger partial charge on any atom is 0.0134 e. The Morgan fingerprint density at radius 2 is 1.70 bits per heavy atom. The fourth-order valence-electron chi connectivity index (χ4n) is 3.68. The summed E-state index contributed by atoms with van der Waals surface area (Å²) in [5.41, 5.74) is 8.34. The van der Waals surface area contributed by atoms with Crippen molar-refractivity contribution in [1.29, 1.82) is 0 Å². The molecule has 2 aromatic rings. The van der Waals surface area contributed by atoms with Crippen molar-refractivity contribution in [2.24, 2.45) is 11.1 Å². The third kappa shape index (κ3) is 2.60. The number of nitrogens with two attached hydrogens (primary N) is 1. The third-order valence-electron chi connectivity index (χ3n) is 5.21. The summed E-state index contributed by atoms with van der Waals surface area (Å²) in [4.78, 5) is 0. The third-order valence-corrected chi connectivity index (χ3v) is 5.21. The van der Waals surface area contributed by atoms with Crippen molar-refractivity contribution < 1.29 is 0 Å². The number of fused-ring (bicyclic) bond motifs is 1. The zero-order valence-corrected chi connectivity index (χ0v) is 12.4. The van der Waals surface area contributed by atoms with Crippen LogP contribution in [0.25, 0.3) is 10.8 Å². The zero-order valence-electron chi connectivity index (χ0n) is 12.4. The molecule has 1 aliphatic rings. The highest BCUT2D eigenvalue weighted by molar-refractivity contribution is 5.85. The molecule has 0 heterocycles. The minimum absolute atomic E-state index is 0.272. The van der Waals surface area contributed by atoms with Crippen LogP contribution in [-0.2, 0) is 6.42 Å². The predicted molar refractivity (Wildman–Crippen MR) is 86.8 cm³/mol. The maximum absolute atomic E-state index is 6.61. The van der Waals surface area contributed by atoms with Gasteiger partial charge in [-0.1, -0.05) is 68.7 Å². The molecule has 0 amide bonds. The van der Waals surface area contributed by atoms with E-state index in [1.165, 1.54) is 48.4 Å². The van der Waals surface area contributed by atoms with E-state index in [9.17, 15) is 0 Å². The van der Waals surface area contributed by atoms with E-state index in [0.717, 1.165) is 6.42 Å². The molecule has 0 saturated heterocycles. The van der Waals surface area contributed by atoms with Gasteiger partial charge >= 0.3 is 0 Å². The highest BCUT2D eigenvalue weighted by Gasteiger charge is 2.33. The Labute approximate surface area is 122 Å². The van der Waals surface area contributed by atoms with Gasteiger partial charge < -0.3 is 5.73 Å². The van der Waals surface area contributed by atoms with Gasteiger partial charge in [0.2, 0.25) is 0 Å². The molecule has 1 unspecified atom stereocenters. The normalized spacial score (nSPS) is 19.9. The van der Waals surface area contributed by atoms with Gasteiger partial charge in [-0.15, -0.1) is 0 Å². The standard InChI is InChI=1S/C19H25N/c1-19(12-5-2-6-13-19)18(20)14-16-10-7-9-15-8-3-4-11-17(15)16/h3-4,7-11,18H,2,5-6,12-14,20H2,1H3. The second-order valence-corrected chi connectivity index (χ2v) is 6.66. The Hall–Kier alpha value is -1.34. The Kier molecular flexibility index (Phi) is 3.80. The van der Waals surface area contributed by atoms with Gasteiger partial charge in [0.25, 0.3) is 0 Å². The molecule has 0 aromatic heterocycles. The van der Waals surface area contributed by atoms with Gasteiger partial charge in [0.05, 0.1) is 0 Å². The molecule has 1 saturated carbocycles. The largest absolute Gasteiger partial charge is 0.327 e. The lowest BCUT2D eigenvalue weighted by molar-refractivity contribution is 0.169. The molecule has 0 radical (unpaired) electrons. The summed E-state index contributed by atoms with van der Waals surface area (Å²) in [6, 6.07) is 15.5. The quantitative estimate of drug-likeness (QED) is 0.858. The molecule has 1 nitrogen and oxygen atoms in total. The summed E-state index contributed by atoms with van der Waals surface area (Å²) in [5.74, 6) is 0. The molecule has 106 valence electrons. The first-order valence-electron chi connectivity index (χ1n) is 7.91. The molecular formula is C19H25N. The van der Waals surface area contributed by atoms with Crippen LogP contribution < -0.4 is 5.73 Å². The van der Waals surface area contributed by atoms with Crippen molar-refractivity contribution in [3.63, 3.8) is 0 Å². The smallest absolute Gasteiger partial charge is 0.0134 e. The highest BCUT2D eigenvalue weighted by Crippen LogP contribution is 2.39. The molecule has 1 heteroatoms. The Bertz CT molecular complexity index is 576.